The van der Waals surface area contributed by atoms with Gasteiger partial charge < -0.3 is 4.90 Å². The van der Waals surface area contributed by atoms with E-state index in [2.05, 4.69) is 0 Å². The van der Waals surface area contributed by atoms with Crippen LogP contribution < -0.4 is 0 Å². The minimum atomic E-state index is -5.07. The molecule has 1 heterocycles. The lowest BCUT2D eigenvalue weighted by Crippen LogP contribution is -2.56. The Balaban J connectivity index is 1.89. The molecule has 1 saturated heterocycles. The van der Waals surface area contributed by atoms with Crippen LogP contribution in [0.25, 0.3) is 0 Å². The summed E-state index contributed by atoms with van der Waals surface area (Å²) in [7, 11) is -3.60. The number of halogens is 6. The molecule has 216 valence electrons. The molecule has 0 radical (unpaired) electrons. The van der Waals surface area contributed by atoms with Gasteiger partial charge in [0.25, 0.3) is 16.0 Å². The number of nitrogens with zero attached hydrogens (tertiary/aromatic N) is 2. The van der Waals surface area contributed by atoms with Crippen LogP contribution >= 0.6 is 0 Å². The molecule has 1 unspecified atom stereocenters. The number of amides is 1. The van der Waals surface area contributed by atoms with Gasteiger partial charge in [0.05, 0.1) is 24.0 Å². The minimum absolute atomic E-state index is 0.000146. The van der Waals surface area contributed by atoms with Gasteiger partial charge in [0, 0.05) is 37.8 Å². The van der Waals surface area contributed by atoms with Crippen LogP contribution in [0.4, 0.5) is 26.3 Å². The van der Waals surface area contributed by atoms with Gasteiger partial charge in [0.1, 0.15) is 0 Å². The molecule has 13 heteroatoms. The summed E-state index contributed by atoms with van der Waals surface area (Å²) in [6, 6.07) is 6.08. The molecular formula is C26H30F6N2O4S. The largest absolute Gasteiger partial charge is 0.416 e. The molecule has 0 N–H and O–H groups in total. The van der Waals surface area contributed by atoms with Crippen molar-refractivity contribution in [3.05, 3.63) is 69.8 Å². The Bertz CT molecular complexity index is 1260. The molecule has 0 aliphatic carbocycles. The molecule has 1 atom stereocenters. The van der Waals surface area contributed by atoms with Crippen molar-refractivity contribution in [2.75, 3.05) is 39.0 Å². The molecule has 1 amide bonds. The van der Waals surface area contributed by atoms with Crippen molar-refractivity contribution in [1.29, 1.82) is 0 Å². The van der Waals surface area contributed by atoms with E-state index in [-0.39, 0.29) is 19.2 Å². The molecule has 1 aliphatic heterocycles. The Morgan fingerprint density at radius 1 is 0.949 bits per heavy atom. The minimum Gasteiger partial charge on any atom is -0.333 e. The molecule has 1 fully saturated rings. The van der Waals surface area contributed by atoms with E-state index in [0.29, 0.717) is 44.6 Å². The van der Waals surface area contributed by atoms with E-state index in [4.69, 9.17) is 4.18 Å². The zero-order chi connectivity index (χ0) is 29.2. The zero-order valence-electron chi connectivity index (χ0n) is 21.7. The lowest BCUT2D eigenvalue weighted by molar-refractivity contribution is -0.143. The van der Waals surface area contributed by atoms with E-state index in [0.717, 1.165) is 22.9 Å². The first-order valence-corrected chi connectivity index (χ1v) is 14.0. The van der Waals surface area contributed by atoms with Crippen molar-refractivity contribution in [2.45, 2.75) is 45.1 Å². The van der Waals surface area contributed by atoms with Crippen molar-refractivity contribution in [3.63, 3.8) is 0 Å². The predicted octanol–water partition coefficient (Wildman–Crippen LogP) is 5.08. The highest BCUT2D eigenvalue weighted by atomic mass is 32.2. The van der Waals surface area contributed by atoms with Gasteiger partial charge in [-0.3, -0.25) is 13.9 Å². The molecule has 39 heavy (non-hydrogen) atoms. The maximum absolute atomic E-state index is 13.4. The van der Waals surface area contributed by atoms with E-state index in [1.807, 2.05) is 36.9 Å². The van der Waals surface area contributed by atoms with E-state index >= 15 is 0 Å². The molecule has 2 aromatic carbocycles. The summed E-state index contributed by atoms with van der Waals surface area (Å²) in [4.78, 5) is 16.7. The average molecular weight is 581 g/mol. The van der Waals surface area contributed by atoms with Crippen LogP contribution in [0.5, 0.6) is 0 Å². The van der Waals surface area contributed by atoms with Gasteiger partial charge in [0.15, 0.2) is 0 Å². The Morgan fingerprint density at radius 2 is 1.56 bits per heavy atom. The predicted molar refractivity (Wildman–Crippen MR) is 133 cm³/mol. The third-order valence-electron chi connectivity index (χ3n) is 6.62. The van der Waals surface area contributed by atoms with Gasteiger partial charge in [-0.25, -0.2) is 0 Å². The monoisotopic (exact) mass is 580 g/mol. The standard InChI is InChI=1S/C26H30F6N2O4S/c1-17-5-6-19(11-18(17)2)12-23-16-33(7-4-10-38-39(3,36)37)8-9-34(23)24(35)20-13-21(25(27,28)29)15-22(14-20)26(30,31)32/h5-6,11,13-15,23H,4,7-10,12,16H2,1-3H3. The van der Waals surface area contributed by atoms with Crippen LogP contribution in [0, 0.1) is 13.8 Å². The highest BCUT2D eigenvalue weighted by Crippen LogP contribution is 2.37. The highest BCUT2D eigenvalue weighted by molar-refractivity contribution is 7.85. The van der Waals surface area contributed by atoms with Crippen LogP contribution in [-0.4, -0.2) is 69.2 Å². The van der Waals surface area contributed by atoms with E-state index in [1.165, 1.54) is 4.90 Å². The lowest BCUT2D eigenvalue weighted by atomic mass is 9.97. The molecule has 0 bridgehead atoms. The first-order chi connectivity index (χ1) is 17.9. The van der Waals surface area contributed by atoms with Gasteiger partial charge in [0.2, 0.25) is 0 Å². The first-order valence-electron chi connectivity index (χ1n) is 12.2. The number of piperazine rings is 1. The first kappa shape index (κ1) is 30.9. The van der Waals surface area contributed by atoms with Crippen molar-refractivity contribution >= 4 is 16.0 Å². The van der Waals surface area contributed by atoms with Crippen molar-refractivity contribution in [1.82, 2.24) is 9.80 Å². The number of hydrogen-bond donors (Lipinski definition) is 0. The van der Waals surface area contributed by atoms with Gasteiger partial charge in [-0.05, 0) is 61.6 Å². The maximum Gasteiger partial charge on any atom is 0.416 e. The average Bonchev–Trinajstić information content (AvgIpc) is 2.82. The number of carbonyl (C=O) groups excluding carboxylic acids is 1. The smallest absolute Gasteiger partial charge is 0.333 e. The second-order valence-corrected chi connectivity index (χ2v) is 11.4. The number of carbonyl (C=O) groups is 1. The molecule has 0 saturated carbocycles. The molecule has 2 aromatic rings. The van der Waals surface area contributed by atoms with E-state index < -0.39 is 51.1 Å². The van der Waals surface area contributed by atoms with Crippen LogP contribution in [0.3, 0.4) is 0 Å². The third kappa shape index (κ3) is 8.67. The Hall–Kier alpha value is -2.64. The summed E-state index contributed by atoms with van der Waals surface area (Å²) in [6.07, 6.45) is -8.49. The fourth-order valence-corrected chi connectivity index (χ4v) is 4.93. The Kier molecular flexibility index (Phi) is 9.39. The summed E-state index contributed by atoms with van der Waals surface area (Å²) < 4.78 is 108. The van der Waals surface area contributed by atoms with Crippen LogP contribution in [0.2, 0.25) is 0 Å². The van der Waals surface area contributed by atoms with Crippen LogP contribution in [-0.2, 0) is 33.1 Å². The van der Waals surface area contributed by atoms with Crippen molar-refractivity contribution < 1.29 is 43.7 Å². The molecule has 0 spiro atoms. The number of benzene rings is 2. The highest BCUT2D eigenvalue weighted by Gasteiger charge is 2.39. The topological polar surface area (TPSA) is 66.9 Å². The van der Waals surface area contributed by atoms with Gasteiger partial charge in [-0.2, -0.15) is 34.8 Å². The molecular weight excluding hydrogens is 550 g/mol. The number of aryl methyl sites for hydroxylation is 2. The third-order valence-corrected chi connectivity index (χ3v) is 7.22. The molecule has 6 nitrogen and oxygen atoms in total. The summed E-state index contributed by atoms with van der Waals surface area (Å²) in [5, 5.41) is 0. The summed E-state index contributed by atoms with van der Waals surface area (Å²) in [6.45, 7) is 4.91. The van der Waals surface area contributed by atoms with Crippen LogP contribution in [0.15, 0.2) is 36.4 Å². The van der Waals surface area contributed by atoms with E-state index in [1.54, 1.807) is 0 Å². The molecule has 3 rings (SSSR count). The SMILES string of the molecule is Cc1ccc(CC2CN(CCCOS(C)(=O)=O)CCN2C(=O)c2cc(C(F)(F)F)cc(C(F)(F)F)c2)cc1C. The number of alkyl halides is 6. The normalized spacial score (nSPS) is 17.5. The number of hydrogen-bond acceptors (Lipinski definition) is 5. The van der Waals surface area contributed by atoms with Gasteiger partial charge >= 0.3 is 12.4 Å². The summed E-state index contributed by atoms with van der Waals surface area (Å²) in [5.74, 6) is -0.916. The second kappa shape index (κ2) is 11.8. The van der Waals surface area contributed by atoms with Crippen molar-refractivity contribution in [3.8, 4) is 0 Å². The number of rotatable bonds is 8. The van der Waals surface area contributed by atoms with Crippen molar-refractivity contribution in [2.24, 2.45) is 0 Å². The Labute approximate surface area is 223 Å². The fourth-order valence-electron chi connectivity index (χ4n) is 4.51. The Morgan fingerprint density at radius 3 is 2.10 bits per heavy atom. The zero-order valence-corrected chi connectivity index (χ0v) is 22.5. The van der Waals surface area contributed by atoms with Gasteiger partial charge in [-0.1, -0.05) is 18.2 Å². The molecule has 1 aliphatic rings. The molecule has 0 aromatic heterocycles. The maximum atomic E-state index is 13.4. The van der Waals surface area contributed by atoms with Crippen LogP contribution in [0.1, 0.15) is 44.6 Å². The summed E-state index contributed by atoms with van der Waals surface area (Å²) >= 11 is 0. The fraction of sp³-hybridized carbons (Fsp3) is 0.500. The van der Waals surface area contributed by atoms with Gasteiger partial charge in [-0.15, -0.1) is 0 Å². The quantitative estimate of drug-likeness (QED) is 0.248. The lowest BCUT2D eigenvalue weighted by Gasteiger charge is -2.42. The summed E-state index contributed by atoms with van der Waals surface area (Å²) in [5.41, 5.74) is -0.859. The van der Waals surface area contributed by atoms with E-state index in [9.17, 15) is 39.6 Å². The second-order valence-electron chi connectivity index (χ2n) is 9.75.